The summed E-state index contributed by atoms with van der Waals surface area (Å²) in [5, 5.41) is 3.34. The van der Waals surface area contributed by atoms with Crippen molar-refractivity contribution in [1.82, 2.24) is 4.98 Å². The summed E-state index contributed by atoms with van der Waals surface area (Å²) >= 11 is 0. The van der Waals surface area contributed by atoms with Gasteiger partial charge >= 0.3 is 0 Å². The number of hydrogen-bond donors (Lipinski definition) is 1. The summed E-state index contributed by atoms with van der Waals surface area (Å²) in [5.41, 5.74) is 2.89. The van der Waals surface area contributed by atoms with Gasteiger partial charge in [0.1, 0.15) is 11.6 Å². The molecule has 0 spiro atoms. The van der Waals surface area contributed by atoms with Crippen molar-refractivity contribution in [3.05, 3.63) is 53.6 Å². The largest absolute Gasteiger partial charge is 0.497 e. The van der Waals surface area contributed by atoms with Crippen molar-refractivity contribution >= 4 is 5.69 Å². The normalized spacial score (nSPS) is 12.0. The number of nitrogens with zero attached hydrogens (tertiary/aromatic N) is 1. The zero-order valence-electron chi connectivity index (χ0n) is 11.3. The van der Waals surface area contributed by atoms with Gasteiger partial charge in [0.2, 0.25) is 0 Å². The molecule has 0 saturated carbocycles. The number of benzene rings is 1. The van der Waals surface area contributed by atoms with E-state index >= 15 is 0 Å². The van der Waals surface area contributed by atoms with Crippen molar-refractivity contribution in [2.24, 2.45) is 0 Å². The maximum Gasteiger partial charge on any atom is 0.141 e. The van der Waals surface area contributed by atoms with Crippen LogP contribution in [0.1, 0.15) is 24.1 Å². The average Bonchev–Trinajstić information content (AvgIpc) is 2.41. The zero-order valence-corrected chi connectivity index (χ0v) is 11.3. The van der Waals surface area contributed by atoms with Crippen LogP contribution in [0.3, 0.4) is 0 Å². The van der Waals surface area contributed by atoms with E-state index in [-0.39, 0.29) is 11.9 Å². The number of nitrogens with one attached hydrogen (secondary N) is 1. The summed E-state index contributed by atoms with van der Waals surface area (Å²) in [7, 11) is 1.64. The van der Waals surface area contributed by atoms with E-state index < -0.39 is 0 Å². The van der Waals surface area contributed by atoms with E-state index in [1.165, 1.54) is 12.3 Å². The minimum atomic E-state index is -0.322. The van der Waals surface area contributed by atoms with Crippen LogP contribution in [0.4, 0.5) is 10.1 Å². The van der Waals surface area contributed by atoms with Crippen LogP contribution in [0.15, 0.2) is 36.7 Å². The Morgan fingerprint density at radius 2 is 2.05 bits per heavy atom. The van der Waals surface area contributed by atoms with Gasteiger partial charge in [0.05, 0.1) is 19.3 Å². The van der Waals surface area contributed by atoms with Gasteiger partial charge in [-0.3, -0.25) is 4.98 Å². The summed E-state index contributed by atoms with van der Waals surface area (Å²) < 4.78 is 18.3. The number of hydrogen-bond acceptors (Lipinski definition) is 3. The average molecular weight is 260 g/mol. The van der Waals surface area contributed by atoms with Crippen LogP contribution in [0, 0.1) is 12.7 Å². The molecule has 0 aliphatic heterocycles. The zero-order chi connectivity index (χ0) is 13.8. The van der Waals surface area contributed by atoms with E-state index in [0.29, 0.717) is 0 Å². The molecule has 0 aliphatic rings. The molecule has 1 atom stereocenters. The smallest absolute Gasteiger partial charge is 0.141 e. The van der Waals surface area contributed by atoms with Crippen molar-refractivity contribution in [2.75, 3.05) is 12.4 Å². The molecule has 0 fully saturated rings. The SMILES string of the molecule is COc1ccc(NC(C)c2cncc(F)c2)c(C)c1. The van der Waals surface area contributed by atoms with Gasteiger partial charge in [0, 0.05) is 11.9 Å². The number of ether oxygens (including phenoxy) is 1. The Hall–Kier alpha value is -2.10. The summed E-state index contributed by atoms with van der Waals surface area (Å²) in [5.74, 6) is 0.501. The molecule has 0 radical (unpaired) electrons. The van der Waals surface area contributed by atoms with Crippen molar-refractivity contribution in [3.8, 4) is 5.75 Å². The Kier molecular flexibility index (Phi) is 4.00. The number of halogens is 1. The monoisotopic (exact) mass is 260 g/mol. The molecule has 19 heavy (non-hydrogen) atoms. The van der Waals surface area contributed by atoms with E-state index in [9.17, 15) is 4.39 Å². The fourth-order valence-corrected chi connectivity index (χ4v) is 1.91. The lowest BCUT2D eigenvalue weighted by molar-refractivity contribution is 0.414. The van der Waals surface area contributed by atoms with Crippen LogP contribution in [0.5, 0.6) is 5.75 Å². The van der Waals surface area contributed by atoms with Gasteiger partial charge in [0.25, 0.3) is 0 Å². The highest BCUT2D eigenvalue weighted by molar-refractivity contribution is 5.54. The number of pyridine rings is 1. The molecule has 4 heteroatoms. The Bertz CT molecular complexity index is 572. The summed E-state index contributed by atoms with van der Waals surface area (Å²) in [6.45, 7) is 3.97. The second-order valence-electron chi connectivity index (χ2n) is 4.48. The van der Waals surface area contributed by atoms with Gasteiger partial charge < -0.3 is 10.1 Å². The van der Waals surface area contributed by atoms with E-state index in [2.05, 4.69) is 10.3 Å². The first-order valence-electron chi connectivity index (χ1n) is 6.12. The Labute approximate surface area is 112 Å². The van der Waals surface area contributed by atoms with Crippen molar-refractivity contribution in [1.29, 1.82) is 0 Å². The van der Waals surface area contributed by atoms with Crippen LogP contribution in [-0.2, 0) is 0 Å². The number of aromatic nitrogens is 1. The molecule has 2 rings (SSSR count). The predicted molar refractivity (Wildman–Crippen MR) is 74.0 cm³/mol. The molecule has 3 nitrogen and oxygen atoms in total. The highest BCUT2D eigenvalue weighted by Gasteiger charge is 2.08. The van der Waals surface area contributed by atoms with Gasteiger partial charge in [-0.2, -0.15) is 0 Å². The molecular formula is C15H17FN2O. The minimum absolute atomic E-state index is 0.0182. The minimum Gasteiger partial charge on any atom is -0.497 e. The lowest BCUT2D eigenvalue weighted by Crippen LogP contribution is -2.08. The molecule has 1 unspecified atom stereocenters. The molecule has 1 aromatic carbocycles. The molecule has 0 amide bonds. The first-order chi connectivity index (χ1) is 9.10. The van der Waals surface area contributed by atoms with Gasteiger partial charge in [-0.1, -0.05) is 0 Å². The number of rotatable bonds is 4. The second-order valence-corrected chi connectivity index (χ2v) is 4.48. The number of methoxy groups -OCH3 is 1. The van der Waals surface area contributed by atoms with E-state index in [0.717, 1.165) is 22.6 Å². The summed E-state index contributed by atoms with van der Waals surface area (Å²) in [6.07, 6.45) is 2.87. The number of aryl methyl sites for hydroxylation is 1. The summed E-state index contributed by atoms with van der Waals surface area (Å²) in [6, 6.07) is 7.28. The maximum atomic E-state index is 13.1. The van der Waals surface area contributed by atoms with E-state index in [1.54, 1.807) is 13.3 Å². The third kappa shape index (κ3) is 3.22. The molecule has 100 valence electrons. The molecule has 2 aromatic rings. The van der Waals surface area contributed by atoms with Gasteiger partial charge in [-0.15, -0.1) is 0 Å². The Morgan fingerprint density at radius 1 is 1.26 bits per heavy atom. The molecule has 1 N–H and O–H groups in total. The Morgan fingerprint density at radius 3 is 2.68 bits per heavy atom. The topological polar surface area (TPSA) is 34.1 Å². The third-order valence-corrected chi connectivity index (χ3v) is 3.03. The van der Waals surface area contributed by atoms with Crippen LogP contribution in [0.2, 0.25) is 0 Å². The fourth-order valence-electron chi connectivity index (χ4n) is 1.91. The molecule has 0 saturated heterocycles. The van der Waals surface area contributed by atoms with Crippen molar-refractivity contribution in [2.45, 2.75) is 19.9 Å². The standard InChI is InChI=1S/C15H17FN2O/c1-10-6-14(19-3)4-5-15(10)18-11(2)12-7-13(16)9-17-8-12/h4-9,11,18H,1-3H3. The number of anilines is 1. The molecular weight excluding hydrogens is 243 g/mol. The highest BCUT2D eigenvalue weighted by atomic mass is 19.1. The molecule has 1 aromatic heterocycles. The third-order valence-electron chi connectivity index (χ3n) is 3.03. The predicted octanol–water partition coefficient (Wildman–Crippen LogP) is 3.71. The highest BCUT2D eigenvalue weighted by Crippen LogP contribution is 2.25. The maximum absolute atomic E-state index is 13.1. The van der Waals surface area contributed by atoms with Crippen LogP contribution >= 0.6 is 0 Å². The van der Waals surface area contributed by atoms with Crippen LogP contribution < -0.4 is 10.1 Å². The molecule has 1 heterocycles. The lowest BCUT2D eigenvalue weighted by Gasteiger charge is -2.17. The fraction of sp³-hybridized carbons (Fsp3) is 0.267. The first-order valence-corrected chi connectivity index (χ1v) is 6.12. The summed E-state index contributed by atoms with van der Waals surface area (Å²) in [4.78, 5) is 3.86. The van der Waals surface area contributed by atoms with Crippen molar-refractivity contribution < 1.29 is 9.13 Å². The van der Waals surface area contributed by atoms with Crippen LogP contribution in [0.25, 0.3) is 0 Å². The van der Waals surface area contributed by atoms with Crippen molar-refractivity contribution in [3.63, 3.8) is 0 Å². The molecule has 0 aliphatic carbocycles. The van der Waals surface area contributed by atoms with Gasteiger partial charge in [-0.25, -0.2) is 4.39 Å². The quantitative estimate of drug-likeness (QED) is 0.910. The van der Waals surface area contributed by atoms with Gasteiger partial charge in [0.15, 0.2) is 0 Å². The van der Waals surface area contributed by atoms with E-state index in [4.69, 9.17) is 4.74 Å². The molecule has 0 bridgehead atoms. The first kappa shape index (κ1) is 13.3. The Balaban J connectivity index is 2.17. The lowest BCUT2D eigenvalue weighted by atomic mass is 10.1. The van der Waals surface area contributed by atoms with Crippen LogP contribution in [-0.4, -0.2) is 12.1 Å². The van der Waals surface area contributed by atoms with Gasteiger partial charge in [-0.05, 0) is 49.2 Å². The van der Waals surface area contributed by atoms with E-state index in [1.807, 2.05) is 32.0 Å². The second kappa shape index (κ2) is 5.69.